The molecule has 2 heterocycles. The van der Waals surface area contributed by atoms with Crippen LogP contribution in [0.1, 0.15) is 32.0 Å². The van der Waals surface area contributed by atoms with Crippen molar-refractivity contribution < 1.29 is 9.59 Å². The van der Waals surface area contributed by atoms with Gasteiger partial charge in [0.1, 0.15) is 17.8 Å². The number of Topliss-reactive ketones (excluding diaryl/α,β-unsaturated/α-hetero) is 1. The minimum Gasteiger partial charge on any atom is -0.366 e. The Kier molecular flexibility index (Phi) is 4.98. The number of amides is 1. The summed E-state index contributed by atoms with van der Waals surface area (Å²) >= 11 is 0. The summed E-state index contributed by atoms with van der Waals surface area (Å²) in [5.41, 5.74) is 8.70. The molecule has 4 aromatic rings. The molecule has 0 unspecified atom stereocenters. The summed E-state index contributed by atoms with van der Waals surface area (Å²) in [7, 11) is 0. The first kappa shape index (κ1) is 18.3. The van der Waals surface area contributed by atoms with Crippen molar-refractivity contribution >= 4 is 28.4 Å². The zero-order chi connectivity index (χ0) is 20.2. The van der Waals surface area contributed by atoms with Crippen molar-refractivity contribution in [2.75, 3.05) is 5.32 Å². The van der Waals surface area contributed by atoms with Crippen LogP contribution in [0.15, 0.2) is 61.1 Å². The minimum atomic E-state index is -0.533. The van der Waals surface area contributed by atoms with Crippen LogP contribution in [0.2, 0.25) is 0 Å². The lowest BCUT2D eigenvalue weighted by atomic mass is 10.0. The monoisotopic (exact) mass is 386 g/mol. The summed E-state index contributed by atoms with van der Waals surface area (Å²) in [5.74, 6) is 0.0558. The van der Waals surface area contributed by atoms with Gasteiger partial charge in [-0.25, -0.2) is 9.97 Å². The van der Waals surface area contributed by atoms with Crippen molar-refractivity contribution in [3.05, 3.63) is 83.4 Å². The largest absolute Gasteiger partial charge is 0.366 e. The molecule has 0 aliphatic heterocycles. The van der Waals surface area contributed by atoms with Crippen LogP contribution in [0.4, 0.5) is 5.82 Å². The van der Waals surface area contributed by atoms with Gasteiger partial charge in [0.2, 0.25) is 0 Å². The lowest BCUT2D eigenvalue weighted by molar-refractivity contribution is 0.0984. The smallest absolute Gasteiger partial charge is 0.250 e. The van der Waals surface area contributed by atoms with Crippen molar-refractivity contribution in [1.82, 2.24) is 20.2 Å². The number of nitrogens with two attached hydrogens (primary N) is 1. The average molecular weight is 386 g/mol. The Morgan fingerprint density at radius 2 is 1.86 bits per heavy atom. The molecule has 4 N–H and O–H groups in total. The molecular formula is C21H18N6O2. The molecule has 0 saturated carbocycles. The summed E-state index contributed by atoms with van der Waals surface area (Å²) in [5, 5.41) is 10.5. The Morgan fingerprint density at radius 3 is 2.66 bits per heavy atom. The van der Waals surface area contributed by atoms with Crippen LogP contribution in [0.3, 0.4) is 0 Å². The third-order valence-electron chi connectivity index (χ3n) is 4.55. The van der Waals surface area contributed by atoms with Gasteiger partial charge in [0.15, 0.2) is 5.78 Å². The van der Waals surface area contributed by atoms with Gasteiger partial charge in [-0.2, -0.15) is 5.10 Å². The number of H-pyrrole nitrogens is 1. The average Bonchev–Trinajstić information content (AvgIpc) is 3.27. The Bertz CT molecular complexity index is 1190. The van der Waals surface area contributed by atoms with Crippen LogP contribution in [-0.2, 0) is 13.0 Å². The molecule has 2 aromatic heterocycles. The number of rotatable bonds is 7. The number of nitrogens with zero attached hydrogens (tertiary/aromatic N) is 3. The number of para-hydroxylation sites is 1. The number of fused-ring (bicyclic) bond motifs is 1. The molecule has 0 aliphatic carbocycles. The van der Waals surface area contributed by atoms with E-state index in [9.17, 15) is 9.59 Å². The SMILES string of the molecule is NC(=O)c1cccc2c(NCc3cccc(CC(=O)c4ccn[nH]4)c3)ncnc12. The molecule has 8 heteroatoms. The van der Waals surface area contributed by atoms with Gasteiger partial charge in [0.05, 0.1) is 11.1 Å². The summed E-state index contributed by atoms with van der Waals surface area (Å²) in [6.45, 7) is 0.499. The molecule has 1 amide bonds. The van der Waals surface area contributed by atoms with Gasteiger partial charge in [-0.3, -0.25) is 14.7 Å². The normalized spacial score (nSPS) is 10.8. The lowest BCUT2D eigenvalue weighted by Crippen LogP contribution is -2.12. The van der Waals surface area contributed by atoms with Gasteiger partial charge >= 0.3 is 0 Å². The summed E-state index contributed by atoms with van der Waals surface area (Å²) in [4.78, 5) is 32.4. The molecule has 29 heavy (non-hydrogen) atoms. The van der Waals surface area contributed by atoms with Gasteiger partial charge in [-0.1, -0.05) is 30.3 Å². The predicted molar refractivity (Wildman–Crippen MR) is 108 cm³/mol. The fraction of sp³-hybridized carbons (Fsp3) is 0.0952. The summed E-state index contributed by atoms with van der Waals surface area (Å²) < 4.78 is 0. The number of hydrogen-bond donors (Lipinski definition) is 3. The first-order valence-electron chi connectivity index (χ1n) is 8.99. The third-order valence-corrected chi connectivity index (χ3v) is 4.55. The number of carbonyl (C=O) groups is 2. The molecule has 4 rings (SSSR count). The number of primary amides is 1. The van der Waals surface area contributed by atoms with E-state index in [2.05, 4.69) is 25.5 Å². The van der Waals surface area contributed by atoms with Crippen LogP contribution in [0, 0.1) is 0 Å². The first-order chi connectivity index (χ1) is 14.1. The molecule has 8 nitrogen and oxygen atoms in total. The number of aromatic amines is 1. The van der Waals surface area contributed by atoms with Crippen LogP contribution >= 0.6 is 0 Å². The molecule has 0 radical (unpaired) electrons. The minimum absolute atomic E-state index is 0.0200. The summed E-state index contributed by atoms with van der Waals surface area (Å²) in [6.07, 6.45) is 3.24. The molecule has 0 saturated heterocycles. The topological polar surface area (TPSA) is 127 Å². The zero-order valence-electron chi connectivity index (χ0n) is 15.4. The molecule has 0 fully saturated rings. The first-order valence-corrected chi connectivity index (χ1v) is 8.99. The second-order valence-corrected chi connectivity index (χ2v) is 6.53. The number of aromatic nitrogens is 4. The van der Waals surface area contributed by atoms with Gasteiger partial charge in [-0.05, 0) is 29.3 Å². The molecule has 0 bridgehead atoms. The van der Waals surface area contributed by atoms with E-state index in [1.165, 1.54) is 6.33 Å². The second-order valence-electron chi connectivity index (χ2n) is 6.53. The number of ketones is 1. The Hall–Kier alpha value is -4.07. The van der Waals surface area contributed by atoms with E-state index in [1.807, 2.05) is 30.3 Å². The van der Waals surface area contributed by atoms with Crippen LogP contribution < -0.4 is 11.1 Å². The molecule has 0 atom stereocenters. The number of hydrogen-bond acceptors (Lipinski definition) is 6. The van der Waals surface area contributed by atoms with Crippen molar-refractivity contribution in [2.24, 2.45) is 5.73 Å². The van der Waals surface area contributed by atoms with E-state index in [0.29, 0.717) is 29.1 Å². The number of carbonyl (C=O) groups excluding carboxylic acids is 2. The van der Waals surface area contributed by atoms with Gasteiger partial charge in [0.25, 0.3) is 5.91 Å². The molecule has 0 aliphatic rings. The van der Waals surface area contributed by atoms with E-state index in [0.717, 1.165) is 16.5 Å². The number of nitrogens with one attached hydrogen (secondary N) is 2. The fourth-order valence-electron chi connectivity index (χ4n) is 3.15. The highest BCUT2D eigenvalue weighted by Crippen LogP contribution is 2.22. The highest BCUT2D eigenvalue weighted by Gasteiger charge is 2.12. The number of benzene rings is 2. The van der Waals surface area contributed by atoms with Crippen molar-refractivity contribution in [3.8, 4) is 0 Å². The predicted octanol–water partition coefficient (Wildman–Crippen LogP) is 2.49. The van der Waals surface area contributed by atoms with Gasteiger partial charge < -0.3 is 11.1 Å². The Balaban J connectivity index is 1.52. The number of anilines is 1. The highest BCUT2D eigenvalue weighted by atomic mass is 16.1. The quantitative estimate of drug-likeness (QED) is 0.419. The Morgan fingerprint density at radius 1 is 1.03 bits per heavy atom. The Labute approximate surface area is 166 Å². The highest BCUT2D eigenvalue weighted by molar-refractivity contribution is 6.06. The van der Waals surface area contributed by atoms with Crippen LogP contribution in [0.5, 0.6) is 0 Å². The molecule has 2 aromatic carbocycles. The van der Waals surface area contributed by atoms with E-state index in [4.69, 9.17) is 5.73 Å². The van der Waals surface area contributed by atoms with Crippen LogP contribution in [0.25, 0.3) is 10.9 Å². The van der Waals surface area contributed by atoms with E-state index in [1.54, 1.807) is 24.4 Å². The van der Waals surface area contributed by atoms with Crippen molar-refractivity contribution in [1.29, 1.82) is 0 Å². The second kappa shape index (κ2) is 7.89. The van der Waals surface area contributed by atoms with E-state index in [-0.39, 0.29) is 12.2 Å². The molecule has 0 spiro atoms. The van der Waals surface area contributed by atoms with Crippen molar-refractivity contribution in [3.63, 3.8) is 0 Å². The van der Waals surface area contributed by atoms with Gasteiger partial charge in [0, 0.05) is 24.5 Å². The standard InChI is InChI=1S/C21H18N6O2/c22-20(29)15-5-2-6-16-19(15)24-12-25-21(16)23-11-14-4-1-3-13(9-14)10-18(28)17-7-8-26-27-17/h1-9,12H,10-11H2,(H2,22,29)(H,26,27)(H,23,24,25). The fourth-order valence-corrected chi connectivity index (χ4v) is 3.15. The molecule has 144 valence electrons. The zero-order valence-corrected chi connectivity index (χ0v) is 15.4. The van der Waals surface area contributed by atoms with Crippen LogP contribution in [-0.4, -0.2) is 31.9 Å². The maximum Gasteiger partial charge on any atom is 0.250 e. The lowest BCUT2D eigenvalue weighted by Gasteiger charge is -2.10. The third kappa shape index (κ3) is 3.96. The maximum absolute atomic E-state index is 12.3. The van der Waals surface area contributed by atoms with E-state index >= 15 is 0 Å². The maximum atomic E-state index is 12.3. The molecular weight excluding hydrogens is 368 g/mol. The van der Waals surface area contributed by atoms with Crippen molar-refractivity contribution in [2.45, 2.75) is 13.0 Å². The van der Waals surface area contributed by atoms with Gasteiger partial charge in [-0.15, -0.1) is 0 Å². The van der Waals surface area contributed by atoms with E-state index < -0.39 is 5.91 Å². The summed E-state index contributed by atoms with van der Waals surface area (Å²) in [6, 6.07) is 14.7.